The number of aryl methyl sites for hydroxylation is 1. The molecule has 1 aromatic heterocycles. The van der Waals surface area contributed by atoms with Gasteiger partial charge in [0.15, 0.2) is 0 Å². The number of benzene rings is 1. The normalized spacial score (nSPS) is 16.8. The summed E-state index contributed by atoms with van der Waals surface area (Å²) in [6.07, 6.45) is 1.77. The molecule has 120 valence electrons. The van der Waals surface area contributed by atoms with Gasteiger partial charge in [-0.3, -0.25) is 9.48 Å². The minimum atomic E-state index is -0.586. The van der Waals surface area contributed by atoms with Crippen LogP contribution in [0.25, 0.3) is 0 Å². The molecule has 0 saturated heterocycles. The maximum Gasteiger partial charge on any atom is 0.264 e. The van der Waals surface area contributed by atoms with E-state index in [0.29, 0.717) is 13.0 Å². The van der Waals surface area contributed by atoms with E-state index < -0.39 is 6.10 Å². The smallest absolute Gasteiger partial charge is 0.264 e. The third kappa shape index (κ3) is 3.79. The van der Waals surface area contributed by atoms with Crippen LogP contribution >= 0.6 is 15.9 Å². The van der Waals surface area contributed by atoms with Gasteiger partial charge in [-0.25, -0.2) is 0 Å². The van der Waals surface area contributed by atoms with E-state index >= 15 is 0 Å². The van der Waals surface area contributed by atoms with Gasteiger partial charge in [-0.2, -0.15) is 5.10 Å². The second-order valence-corrected chi connectivity index (χ2v) is 6.14. The molecular formula is C16H17BrN4O2. The first-order valence-electron chi connectivity index (χ1n) is 7.44. The lowest BCUT2D eigenvalue weighted by molar-refractivity contribution is -0.131. The molecule has 1 aliphatic heterocycles. The average Bonchev–Trinajstić information content (AvgIpc) is 3.22. The maximum absolute atomic E-state index is 12.2. The van der Waals surface area contributed by atoms with Crippen molar-refractivity contribution < 1.29 is 9.63 Å². The molecule has 1 N–H and O–H groups in total. The van der Waals surface area contributed by atoms with Crippen LogP contribution in [0.5, 0.6) is 0 Å². The number of carbonyl (C=O) groups excluding carboxylic acids is 1. The predicted molar refractivity (Wildman–Crippen MR) is 89.9 cm³/mol. The molecule has 1 amide bonds. The van der Waals surface area contributed by atoms with Crippen LogP contribution in [-0.2, 0) is 22.7 Å². The minimum Gasteiger partial charge on any atom is -0.382 e. The molecule has 0 fully saturated rings. The molecule has 0 spiro atoms. The molecule has 7 heteroatoms. The third-order valence-electron chi connectivity index (χ3n) is 3.58. The van der Waals surface area contributed by atoms with Gasteiger partial charge in [0.2, 0.25) is 6.10 Å². The number of carbonyl (C=O) groups is 1. The topological polar surface area (TPSA) is 68.5 Å². The van der Waals surface area contributed by atoms with Gasteiger partial charge in [0.1, 0.15) is 0 Å². The first-order chi connectivity index (χ1) is 11.2. The SMILES string of the molecule is CCn1ccc(CNC(=O)C2CC(c3cccc(Br)c3)=NO2)n1. The van der Waals surface area contributed by atoms with E-state index in [2.05, 4.69) is 31.5 Å². The van der Waals surface area contributed by atoms with Gasteiger partial charge in [-0.15, -0.1) is 0 Å². The van der Waals surface area contributed by atoms with Crippen molar-refractivity contribution >= 4 is 27.5 Å². The van der Waals surface area contributed by atoms with Crippen LogP contribution in [0.4, 0.5) is 0 Å². The second-order valence-electron chi connectivity index (χ2n) is 5.23. The molecule has 1 atom stereocenters. The first-order valence-corrected chi connectivity index (χ1v) is 8.23. The summed E-state index contributed by atoms with van der Waals surface area (Å²) in [5.74, 6) is -0.176. The Morgan fingerprint density at radius 1 is 1.48 bits per heavy atom. The summed E-state index contributed by atoms with van der Waals surface area (Å²) in [4.78, 5) is 17.5. The fourth-order valence-corrected chi connectivity index (χ4v) is 2.72. The van der Waals surface area contributed by atoms with E-state index in [1.165, 1.54) is 0 Å². The summed E-state index contributed by atoms with van der Waals surface area (Å²) < 4.78 is 2.79. The zero-order chi connectivity index (χ0) is 16.2. The third-order valence-corrected chi connectivity index (χ3v) is 4.08. The summed E-state index contributed by atoms with van der Waals surface area (Å²) in [5.41, 5.74) is 2.56. The zero-order valence-electron chi connectivity index (χ0n) is 12.7. The highest BCUT2D eigenvalue weighted by Gasteiger charge is 2.28. The second kappa shape index (κ2) is 6.95. The maximum atomic E-state index is 12.2. The Balaban J connectivity index is 1.54. The molecule has 6 nitrogen and oxygen atoms in total. The molecule has 1 unspecified atom stereocenters. The number of hydrogen-bond acceptors (Lipinski definition) is 4. The Morgan fingerprint density at radius 2 is 2.35 bits per heavy atom. The number of halogens is 1. The van der Waals surface area contributed by atoms with Crippen molar-refractivity contribution in [2.45, 2.75) is 32.5 Å². The number of rotatable bonds is 5. The van der Waals surface area contributed by atoms with Crippen molar-refractivity contribution in [2.75, 3.05) is 0 Å². The van der Waals surface area contributed by atoms with E-state index in [9.17, 15) is 4.79 Å². The number of nitrogens with zero attached hydrogens (tertiary/aromatic N) is 3. The molecule has 0 radical (unpaired) electrons. The fourth-order valence-electron chi connectivity index (χ4n) is 2.32. The number of oxime groups is 1. The van der Waals surface area contributed by atoms with Gasteiger partial charge in [-0.1, -0.05) is 33.2 Å². The van der Waals surface area contributed by atoms with Gasteiger partial charge in [-0.05, 0) is 25.1 Å². The highest BCUT2D eigenvalue weighted by Crippen LogP contribution is 2.19. The predicted octanol–water partition coefficient (Wildman–Crippen LogP) is 2.47. The molecule has 1 aliphatic rings. The molecule has 0 saturated carbocycles. The lowest BCUT2D eigenvalue weighted by atomic mass is 10.0. The summed E-state index contributed by atoms with van der Waals surface area (Å²) >= 11 is 3.43. The van der Waals surface area contributed by atoms with Gasteiger partial charge in [0.25, 0.3) is 5.91 Å². The molecule has 23 heavy (non-hydrogen) atoms. The molecule has 1 aromatic carbocycles. The minimum absolute atomic E-state index is 0.176. The van der Waals surface area contributed by atoms with E-state index in [1.807, 2.05) is 48.1 Å². The Bertz CT molecular complexity index is 741. The van der Waals surface area contributed by atoms with E-state index in [0.717, 1.165) is 28.0 Å². The van der Waals surface area contributed by atoms with Crippen LogP contribution in [0.3, 0.4) is 0 Å². The highest BCUT2D eigenvalue weighted by molar-refractivity contribution is 9.10. The van der Waals surface area contributed by atoms with Crippen LogP contribution < -0.4 is 5.32 Å². The monoisotopic (exact) mass is 376 g/mol. The number of amides is 1. The van der Waals surface area contributed by atoms with E-state index in [1.54, 1.807) is 0 Å². The Morgan fingerprint density at radius 3 is 3.09 bits per heavy atom. The average molecular weight is 377 g/mol. The molecule has 2 heterocycles. The summed E-state index contributed by atoms with van der Waals surface area (Å²) in [7, 11) is 0. The summed E-state index contributed by atoms with van der Waals surface area (Å²) in [6, 6.07) is 9.67. The largest absolute Gasteiger partial charge is 0.382 e. The van der Waals surface area contributed by atoms with Crippen molar-refractivity contribution in [3.05, 3.63) is 52.3 Å². The van der Waals surface area contributed by atoms with Crippen LogP contribution in [-0.4, -0.2) is 27.5 Å². The Kier molecular flexibility index (Phi) is 4.76. The Hall–Kier alpha value is -2.15. The quantitative estimate of drug-likeness (QED) is 0.871. The summed E-state index contributed by atoms with van der Waals surface area (Å²) in [6.45, 7) is 3.21. The van der Waals surface area contributed by atoms with Crippen molar-refractivity contribution in [1.29, 1.82) is 0 Å². The molecule has 0 aliphatic carbocycles. The van der Waals surface area contributed by atoms with Gasteiger partial charge < -0.3 is 10.2 Å². The molecular weight excluding hydrogens is 360 g/mol. The van der Waals surface area contributed by atoms with Crippen LogP contribution in [0.2, 0.25) is 0 Å². The van der Waals surface area contributed by atoms with Crippen LogP contribution in [0.1, 0.15) is 24.6 Å². The van der Waals surface area contributed by atoms with Gasteiger partial charge >= 0.3 is 0 Å². The fraction of sp³-hybridized carbons (Fsp3) is 0.312. The number of aromatic nitrogens is 2. The standard InChI is InChI=1S/C16H17BrN4O2/c1-2-21-7-6-13(19-21)10-18-16(22)15-9-14(20-23-15)11-4-3-5-12(17)8-11/h3-8,15H,2,9-10H2,1H3,(H,18,22). The van der Waals surface area contributed by atoms with Gasteiger partial charge in [0, 0.05) is 29.2 Å². The Labute approximate surface area is 142 Å². The zero-order valence-corrected chi connectivity index (χ0v) is 14.3. The van der Waals surface area contributed by atoms with Crippen molar-refractivity contribution in [2.24, 2.45) is 5.16 Å². The molecule has 0 bridgehead atoms. The van der Waals surface area contributed by atoms with Crippen LogP contribution in [0, 0.1) is 0 Å². The van der Waals surface area contributed by atoms with E-state index in [-0.39, 0.29) is 5.91 Å². The van der Waals surface area contributed by atoms with Crippen LogP contribution in [0.15, 0.2) is 46.2 Å². The lowest BCUT2D eigenvalue weighted by Crippen LogP contribution is -2.34. The summed E-state index contributed by atoms with van der Waals surface area (Å²) in [5, 5.41) is 11.2. The lowest BCUT2D eigenvalue weighted by Gasteiger charge is -2.08. The van der Waals surface area contributed by atoms with Gasteiger partial charge in [0.05, 0.1) is 18.0 Å². The molecule has 2 aromatic rings. The van der Waals surface area contributed by atoms with Crippen molar-refractivity contribution in [3.63, 3.8) is 0 Å². The molecule has 3 rings (SSSR count). The van der Waals surface area contributed by atoms with Crippen molar-refractivity contribution in [3.8, 4) is 0 Å². The van der Waals surface area contributed by atoms with E-state index in [4.69, 9.17) is 4.84 Å². The highest BCUT2D eigenvalue weighted by atomic mass is 79.9. The number of hydrogen-bond donors (Lipinski definition) is 1. The van der Waals surface area contributed by atoms with Crippen molar-refractivity contribution in [1.82, 2.24) is 15.1 Å². The first kappa shape index (κ1) is 15.7. The number of nitrogens with one attached hydrogen (secondary N) is 1.